The third-order valence-corrected chi connectivity index (χ3v) is 15.4. The number of Topliss-reactive ketones (excluding diaryl/α,β-unsaturated/α-hetero) is 1. The summed E-state index contributed by atoms with van der Waals surface area (Å²) < 4.78 is 140. The molecular formula is C52H66F6N6O24S. The van der Waals surface area contributed by atoms with Crippen LogP contribution in [0.2, 0.25) is 0 Å². The molecule has 7 rings (SSSR count). The molecule has 0 aliphatic carbocycles. The summed E-state index contributed by atoms with van der Waals surface area (Å²) in [5.74, 6) is -8.24. The van der Waals surface area contributed by atoms with Crippen LogP contribution in [0.1, 0.15) is 23.7 Å². The lowest BCUT2D eigenvalue weighted by Crippen LogP contribution is -2.70. The number of imide groups is 1. The molecule has 2 unspecified atom stereocenters. The van der Waals surface area contributed by atoms with Crippen molar-refractivity contribution in [3.63, 3.8) is 0 Å². The van der Waals surface area contributed by atoms with Crippen molar-refractivity contribution in [2.24, 2.45) is 0 Å². The first-order valence-electron chi connectivity index (χ1n) is 27.6. The number of ether oxygens (including phenoxy) is 11. The minimum Gasteiger partial charge on any atom is -0.492 e. The average molecular weight is 1310 g/mol. The summed E-state index contributed by atoms with van der Waals surface area (Å²) in [5, 5.41) is 46.7. The fraction of sp³-hybridized carbons (Fsp3) is 0.673. The summed E-state index contributed by atoms with van der Waals surface area (Å²) >= 11 is 1.08. The number of carbonyl (C=O) groups is 9. The van der Waals surface area contributed by atoms with Gasteiger partial charge in [0.2, 0.25) is 23.6 Å². The summed E-state index contributed by atoms with van der Waals surface area (Å²) in [7, 11) is 0. The van der Waals surface area contributed by atoms with E-state index >= 15 is 0 Å². The first-order chi connectivity index (χ1) is 42.2. The van der Waals surface area contributed by atoms with Gasteiger partial charge in [0.25, 0.3) is 0 Å². The Labute approximate surface area is 505 Å². The number of nitrogens with one attached hydrogen (secondary N) is 2. The number of hydrogen-bond acceptors (Lipinski definition) is 25. The number of esters is 2. The highest BCUT2D eigenvalue weighted by atomic mass is 32.2. The van der Waals surface area contributed by atoms with Gasteiger partial charge in [0.05, 0.1) is 76.0 Å². The number of nitrogens with zero attached hydrogens (tertiary/aromatic N) is 4. The van der Waals surface area contributed by atoms with Gasteiger partial charge < -0.3 is 97.5 Å². The van der Waals surface area contributed by atoms with E-state index in [2.05, 4.69) is 10.6 Å². The van der Waals surface area contributed by atoms with Crippen molar-refractivity contribution < 1.29 is 142 Å². The number of aromatic nitrogens is 1. The molecule has 6 N–H and O–H groups in total. The third kappa shape index (κ3) is 18.9. The van der Waals surface area contributed by atoms with Crippen LogP contribution in [-0.4, -0.2) is 296 Å². The number of likely N-dealkylation sites (tertiary alicyclic amines) is 1. The van der Waals surface area contributed by atoms with Crippen molar-refractivity contribution in [1.29, 1.82) is 0 Å². The molecule has 5 saturated heterocycles. The Balaban J connectivity index is 0.818. The van der Waals surface area contributed by atoms with E-state index in [-0.39, 0.29) is 114 Å². The molecule has 0 radical (unpaired) electrons. The predicted octanol–water partition coefficient (Wildman–Crippen LogP) is -3.06. The van der Waals surface area contributed by atoms with Gasteiger partial charge in [-0.3, -0.25) is 43.3 Å². The quantitative estimate of drug-likeness (QED) is 0.0196. The van der Waals surface area contributed by atoms with Crippen LogP contribution in [-0.2, 0) is 92.3 Å². The molecule has 30 nitrogen and oxygen atoms in total. The van der Waals surface area contributed by atoms with E-state index in [0.717, 1.165) is 16.7 Å². The van der Waals surface area contributed by atoms with E-state index in [1.54, 1.807) is 6.07 Å². The van der Waals surface area contributed by atoms with E-state index in [4.69, 9.17) is 52.1 Å². The first-order valence-corrected chi connectivity index (χ1v) is 28.7. The van der Waals surface area contributed by atoms with E-state index < -0.39 is 172 Å². The predicted molar refractivity (Wildman–Crippen MR) is 283 cm³/mol. The number of aliphatic hydroxyl groups excluding tert-OH is 4. The van der Waals surface area contributed by atoms with Crippen LogP contribution in [0.15, 0.2) is 24.4 Å². The van der Waals surface area contributed by atoms with Crippen LogP contribution in [0.25, 0.3) is 10.9 Å². The summed E-state index contributed by atoms with van der Waals surface area (Å²) in [5.41, 5.74) is 0.335. The Hall–Kier alpha value is -6.36. The molecule has 0 spiro atoms. The molecule has 496 valence electrons. The minimum atomic E-state index is -5.25. The molecule has 6 amide bonds. The van der Waals surface area contributed by atoms with Crippen molar-refractivity contribution >= 4 is 75.8 Å². The van der Waals surface area contributed by atoms with E-state index in [9.17, 15) is 89.9 Å². The molecule has 37 heteroatoms. The van der Waals surface area contributed by atoms with Gasteiger partial charge in [-0.2, -0.15) is 26.3 Å². The topological polar surface area (TPSA) is 375 Å². The molecule has 11 atom stereocenters. The fourth-order valence-corrected chi connectivity index (χ4v) is 10.8. The van der Waals surface area contributed by atoms with Crippen LogP contribution in [0, 0.1) is 0 Å². The Morgan fingerprint density at radius 3 is 1.70 bits per heavy atom. The second-order valence-corrected chi connectivity index (χ2v) is 21.5. The van der Waals surface area contributed by atoms with Gasteiger partial charge in [-0.25, -0.2) is 4.79 Å². The molecule has 89 heavy (non-hydrogen) atoms. The highest BCUT2D eigenvalue weighted by Gasteiger charge is 2.57. The lowest BCUT2D eigenvalue weighted by atomic mass is 9.94. The molecular weight excluding hydrogens is 1240 g/mol. The van der Waals surface area contributed by atoms with Crippen LogP contribution >= 0.6 is 11.8 Å². The standard InChI is InChI=1S/C52H66F6N6O24S/c1-27(65)26-89-34-19-37(68)62(45(34)74)4-7-82-28-2-3-31-29(18-28)30(46(75)84-17-15-79-11-13-81-25-36(67)60-21-33-42(71)44(73)40-48(88-33)86-9-6-64(40)50(77)52(56,57)58)22-61(31)23-38(69)83-16-14-78-10-12-80-24-35(66)59-20-32-41(70)43(72)39-47(87-32)85-8-5-63(39)49(76)51(53,54)55/h2-3,18,22,32-34,39-44,47-48,70-73H,4-17,19-21,23-26H2,1H3,(H,59,66)(H,60,67)/t32-,33?,34?,39+,40+,41+,42+,43-,44-,47-,48-/m1/s1. The normalized spacial score (nSPS) is 25.5. The number of carbonyl (C=O) groups excluding carboxylic acids is 9. The zero-order valence-electron chi connectivity index (χ0n) is 47.4. The van der Waals surface area contributed by atoms with Crippen LogP contribution in [0.4, 0.5) is 26.3 Å². The monoisotopic (exact) mass is 1300 g/mol. The molecule has 5 fully saturated rings. The van der Waals surface area contributed by atoms with E-state index in [0.29, 0.717) is 15.3 Å². The van der Waals surface area contributed by atoms with Gasteiger partial charge >= 0.3 is 36.1 Å². The van der Waals surface area contributed by atoms with Gasteiger partial charge in [0.15, 0.2) is 12.6 Å². The zero-order valence-corrected chi connectivity index (χ0v) is 48.2. The molecule has 1 aromatic carbocycles. The highest BCUT2D eigenvalue weighted by molar-refractivity contribution is 8.01. The first kappa shape index (κ1) is 70.1. The number of fused-ring (bicyclic) bond motifs is 3. The van der Waals surface area contributed by atoms with Crippen molar-refractivity contribution in [1.82, 2.24) is 29.9 Å². The zero-order chi connectivity index (χ0) is 64.7. The number of alkyl halides is 6. The molecule has 0 bridgehead atoms. The van der Waals surface area contributed by atoms with Crippen molar-refractivity contribution in [3.8, 4) is 5.75 Å². The number of aliphatic hydroxyl groups is 4. The summed E-state index contributed by atoms with van der Waals surface area (Å²) in [4.78, 5) is 114. The van der Waals surface area contributed by atoms with E-state index in [1.165, 1.54) is 29.8 Å². The molecule has 5 aliphatic heterocycles. The summed E-state index contributed by atoms with van der Waals surface area (Å²) in [6.45, 7) is -4.04. The summed E-state index contributed by atoms with van der Waals surface area (Å²) in [6.07, 6.45) is -22.4. The molecule has 1 aromatic heterocycles. The Morgan fingerprint density at radius 1 is 0.674 bits per heavy atom. The van der Waals surface area contributed by atoms with E-state index in [1.807, 2.05) is 0 Å². The van der Waals surface area contributed by atoms with Crippen LogP contribution < -0.4 is 15.4 Å². The number of ketones is 1. The number of morpholine rings is 2. The lowest BCUT2D eigenvalue weighted by Gasteiger charge is -2.49. The van der Waals surface area contributed by atoms with Gasteiger partial charge in [-0.1, -0.05) is 0 Å². The second kappa shape index (κ2) is 32.1. The Bertz CT molecular complexity index is 2830. The van der Waals surface area contributed by atoms with Crippen LogP contribution in [0.5, 0.6) is 5.75 Å². The number of benzene rings is 1. The summed E-state index contributed by atoms with van der Waals surface area (Å²) in [6, 6.07) is 1.23. The Kier molecular flexibility index (Phi) is 25.3. The van der Waals surface area contributed by atoms with Crippen molar-refractivity contribution in [3.05, 3.63) is 30.0 Å². The number of rotatable bonds is 30. The maximum Gasteiger partial charge on any atom is 0.471 e. The smallest absolute Gasteiger partial charge is 0.471 e. The second-order valence-electron chi connectivity index (χ2n) is 20.3. The number of hydrogen-bond donors (Lipinski definition) is 6. The lowest BCUT2D eigenvalue weighted by molar-refractivity contribution is -0.300. The minimum absolute atomic E-state index is 0.0193. The maximum atomic E-state index is 13.6. The highest BCUT2D eigenvalue weighted by Crippen LogP contribution is 2.34. The number of halogens is 6. The largest absolute Gasteiger partial charge is 0.492 e. The van der Waals surface area contributed by atoms with Crippen molar-refractivity contribution in [2.45, 2.75) is 98.8 Å². The van der Waals surface area contributed by atoms with Gasteiger partial charge in [0.1, 0.15) is 99.8 Å². The molecule has 5 aliphatic rings. The molecule has 6 heterocycles. The Morgan fingerprint density at radius 2 is 1.18 bits per heavy atom. The van der Waals surface area contributed by atoms with Crippen molar-refractivity contribution in [2.75, 3.05) is 124 Å². The average Bonchev–Trinajstić information content (AvgIpc) is 1.45. The molecule has 0 saturated carbocycles. The SMILES string of the molecule is CC(=O)CSC1CC(=O)N(CCOc2ccc3c(c2)c(C(=O)OCCOCCOCC(=O)NCC2O[C@H]4OCCN(C(=O)C(F)(F)F)[C@H]4[C@@H](O)[C@H]2O)cn3CC(=O)OCCOCCOCC(=O)NC[C@H]2O[C@H]3OCCN(C(=O)C(F)(F)F)[C@H]3[C@@H](O)[C@H]2O)C1=O. The number of amides is 6. The third-order valence-electron chi connectivity index (χ3n) is 14.1. The van der Waals surface area contributed by atoms with Gasteiger partial charge in [-0.15, -0.1) is 11.8 Å². The number of thioether (sulfide) groups is 1. The molecule has 2 aromatic rings. The van der Waals surface area contributed by atoms with Gasteiger partial charge in [0, 0.05) is 49.7 Å². The fourth-order valence-electron chi connectivity index (χ4n) is 9.86. The maximum absolute atomic E-state index is 13.6. The van der Waals surface area contributed by atoms with Gasteiger partial charge in [-0.05, 0) is 25.1 Å². The van der Waals surface area contributed by atoms with Crippen LogP contribution in [0.3, 0.4) is 0 Å².